The zero-order valence-electron chi connectivity index (χ0n) is 12.3. The maximum atomic E-state index is 5.63. The van der Waals surface area contributed by atoms with Crippen molar-refractivity contribution in [3.05, 3.63) is 29.8 Å². The highest BCUT2D eigenvalue weighted by molar-refractivity contribution is 5.46. The molecule has 0 unspecified atom stereocenters. The van der Waals surface area contributed by atoms with Crippen LogP contribution in [0, 0.1) is 5.92 Å². The van der Waals surface area contributed by atoms with Crippen LogP contribution in [0.5, 0.6) is 0 Å². The number of rotatable bonds is 5. The van der Waals surface area contributed by atoms with E-state index < -0.39 is 0 Å². The molecule has 1 aliphatic heterocycles. The standard InChI is InChI=1S/C16H27N3/c1-18-10-7-14(8-11-18)9-12-19(2)16-5-3-15(13-17)4-6-16/h3-6,14H,7-13,17H2,1-2H3. The Labute approximate surface area is 117 Å². The topological polar surface area (TPSA) is 32.5 Å². The van der Waals surface area contributed by atoms with E-state index in [0.29, 0.717) is 6.54 Å². The Morgan fingerprint density at radius 1 is 1.21 bits per heavy atom. The molecule has 0 atom stereocenters. The summed E-state index contributed by atoms with van der Waals surface area (Å²) in [6.45, 7) is 4.30. The van der Waals surface area contributed by atoms with Gasteiger partial charge in [0, 0.05) is 25.8 Å². The molecule has 3 nitrogen and oxygen atoms in total. The molecule has 2 N–H and O–H groups in total. The van der Waals surface area contributed by atoms with Crippen molar-refractivity contribution in [1.29, 1.82) is 0 Å². The molecule has 0 bridgehead atoms. The van der Waals surface area contributed by atoms with Gasteiger partial charge in [-0.2, -0.15) is 0 Å². The Bertz CT molecular complexity index is 366. The van der Waals surface area contributed by atoms with Crippen molar-refractivity contribution < 1.29 is 0 Å². The van der Waals surface area contributed by atoms with Gasteiger partial charge in [0.2, 0.25) is 0 Å². The Balaban J connectivity index is 1.78. The highest BCUT2D eigenvalue weighted by Gasteiger charge is 2.16. The Morgan fingerprint density at radius 2 is 1.84 bits per heavy atom. The quantitative estimate of drug-likeness (QED) is 0.883. The van der Waals surface area contributed by atoms with E-state index in [1.807, 2.05) is 0 Å². The van der Waals surface area contributed by atoms with Crippen LogP contribution in [0.1, 0.15) is 24.8 Å². The lowest BCUT2D eigenvalue weighted by Crippen LogP contribution is -2.32. The molecule has 19 heavy (non-hydrogen) atoms. The lowest BCUT2D eigenvalue weighted by Gasteiger charge is -2.30. The Hall–Kier alpha value is -1.06. The van der Waals surface area contributed by atoms with Gasteiger partial charge in [-0.05, 0) is 63.0 Å². The summed E-state index contributed by atoms with van der Waals surface area (Å²) in [5, 5.41) is 0. The highest BCUT2D eigenvalue weighted by atomic mass is 15.1. The molecule has 1 aromatic carbocycles. The van der Waals surface area contributed by atoms with Crippen LogP contribution in [0.2, 0.25) is 0 Å². The van der Waals surface area contributed by atoms with Crippen LogP contribution in [0.4, 0.5) is 5.69 Å². The van der Waals surface area contributed by atoms with E-state index >= 15 is 0 Å². The van der Waals surface area contributed by atoms with Crippen LogP contribution in [-0.2, 0) is 6.54 Å². The van der Waals surface area contributed by atoms with Crippen LogP contribution < -0.4 is 10.6 Å². The number of hydrogen-bond acceptors (Lipinski definition) is 3. The molecule has 0 aromatic heterocycles. The van der Waals surface area contributed by atoms with Crippen LogP contribution in [0.15, 0.2) is 24.3 Å². The SMILES string of the molecule is CN1CCC(CCN(C)c2ccc(CN)cc2)CC1. The lowest BCUT2D eigenvalue weighted by molar-refractivity contribution is 0.213. The van der Waals surface area contributed by atoms with Gasteiger partial charge in [-0.1, -0.05) is 12.1 Å². The van der Waals surface area contributed by atoms with E-state index in [2.05, 4.69) is 48.2 Å². The molecule has 2 rings (SSSR count). The normalized spacial score (nSPS) is 17.6. The summed E-state index contributed by atoms with van der Waals surface area (Å²) in [4.78, 5) is 4.80. The minimum atomic E-state index is 0.625. The van der Waals surface area contributed by atoms with Crippen molar-refractivity contribution in [2.24, 2.45) is 11.7 Å². The van der Waals surface area contributed by atoms with Crippen LogP contribution in [-0.4, -0.2) is 38.6 Å². The molecule has 0 spiro atoms. The van der Waals surface area contributed by atoms with E-state index in [9.17, 15) is 0 Å². The van der Waals surface area contributed by atoms with Gasteiger partial charge in [0.25, 0.3) is 0 Å². The molecule has 0 amide bonds. The first-order valence-electron chi connectivity index (χ1n) is 7.37. The largest absolute Gasteiger partial charge is 0.375 e. The van der Waals surface area contributed by atoms with E-state index in [-0.39, 0.29) is 0 Å². The zero-order chi connectivity index (χ0) is 13.7. The Kier molecular flexibility index (Phi) is 5.23. The first-order valence-corrected chi connectivity index (χ1v) is 7.37. The number of anilines is 1. The first-order chi connectivity index (χ1) is 9.19. The molecule has 1 aliphatic rings. The van der Waals surface area contributed by atoms with Gasteiger partial charge < -0.3 is 15.5 Å². The molecule has 1 heterocycles. The zero-order valence-corrected chi connectivity index (χ0v) is 12.3. The summed E-state index contributed by atoms with van der Waals surface area (Å²) in [6.07, 6.45) is 4.02. The van der Waals surface area contributed by atoms with Crippen LogP contribution in [0.25, 0.3) is 0 Å². The van der Waals surface area contributed by atoms with Crippen molar-refractivity contribution in [2.45, 2.75) is 25.8 Å². The summed E-state index contributed by atoms with van der Waals surface area (Å²) in [7, 11) is 4.41. The van der Waals surface area contributed by atoms with E-state index in [0.717, 1.165) is 12.5 Å². The highest BCUT2D eigenvalue weighted by Crippen LogP contribution is 2.21. The van der Waals surface area contributed by atoms with Crippen molar-refractivity contribution >= 4 is 5.69 Å². The summed E-state index contributed by atoms with van der Waals surface area (Å²) in [6, 6.07) is 8.61. The predicted molar refractivity (Wildman–Crippen MR) is 82.4 cm³/mol. The van der Waals surface area contributed by atoms with Crippen molar-refractivity contribution in [2.75, 3.05) is 38.6 Å². The fourth-order valence-electron chi connectivity index (χ4n) is 2.74. The van der Waals surface area contributed by atoms with Gasteiger partial charge in [-0.3, -0.25) is 0 Å². The molecule has 1 aromatic rings. The maximum absolute atomic E-state index is 5.63. The second-order valence-electron chi connectivity index (χ2n) is 5.83. The predicted octanol–water partition coefficient (Wildman–Crippen LogP) is 2.31. The second-order valence-corrected chi connectivity index (χ2v) is 5.83. The molecular weight excluding hydrogens is 234 g/mol. The van der Waals surface area contributed by atoms with Gasteiger partial charge in [-0.25, -0.2) is 0 Å². The number of hydrogen-bond donors (Lipinski definition) is 1. The van der Waals surface area contributed by atoms with Crippen LogP contribution in [0.3, 0.4) is 0 Å². The average Bonchev–Trinajstić information content (AvgIpc) is 2.46. The number of nitrogens with zero attached hydrogens (tertiary/aromatic N) is 2. The third-order valence-corrected chi connectivity index (χ3v) is 4.32. The Morgan fingerprint density at radius 3 is 2.42 bits per heavy atom. The number of benzene rings is 1. The minimum absolute atomic E-state index is 0.625. The van der Waals surface area contributed by atoms with Crippen molar-refractivity contribution in [3.63, 3.8) is 0 Å². The summed E-state index contributed by atoms with van der Waals surface area (Å²) in [5.41, 5.74) is 8.12. The first kappa shape index (κ1) is 14.4. The molecule has 106 valence electrons. The molecular formula is C16H27N3. The van der Waals surface area contributed by atoms with Crippen molar-refractivity contribution in [1.82, 2.24) is 4.90 Å². The van der Waals surface area contributed by atoms with Gasteiger partial charge in [0.15, 0.2) is 0 Å². The molecule has 0 aliphatic carbocycles. The summed E-state index contributed by atoms with van der Waals surface area (Å²) < 4.78 is 0. The minimum Gasteiger partial charge on any atom is -0.375 e. The third kappa shape index (κ3) is 4.22. The fraction of sp³-hybridized carbons (Fsp3) is 0.625. The van der Waals surface area contributed by atoms with Gasteiger partial charge in [0.1, 0.15) is 0 Å². The van der Waals surface area contributed by atoms with Gasteiger partial charge in [0.05, 0.1) is 0 Å². The monoisotopic (exact) mass is 261 g/mol. The van der Waals surface area contributed by atoms with E-state index in [4.69, 9.17) is 5.73 Å². The average molecular weight is 261 g/mol. The smallest absolute Gasteiger partial charge is 0.0363 e. The molecule has 0 radical (unpaired) electrons. The summed E-state index contributed by atoms with van der Waals surface area (Å²) in [5.74, 6) is 0.905. The lowest BCUT2D eigenvalue weighted by atomic mass is 9.93. The van der Waals surface area contributed by atoms with Gasteiger partial charge >= 0.3 is 0 Å². The van der Waals surface area contributed by atoms with Crippen molar-refractivity contribution in [3.8, 4) is 0 Å². The molecule has 3 heteroatoms. The number of piperidine rings is 1. The third-order valence-electron chi connectivity index (χ3n) is 4.32. The number of nitrogens with two attached hydrogens (primary N) is 1. The van der Waals surface area contributed by atoms with E-state index in [1.165, 1.54) is 43.6 Å². The second kappa shape index (κ2) is 6.92. The maximum Gasteiger partial charge on any atom is 0.0363 e. The molecule has 0 saturated carbocycles. The van der Waals surface area contributed by atoms with Crippen LogP contribution >= 0.6 is 0 Å². The van der Waals surface area contributed by atoms with Gasteiger partial charge in [-0.15, -0.1) is 0 Å². The molecule has 1 saturated heterocycles. The molecule has 1 fully saturated rings. The fourth-order valence-corrected chi connectivity index (χ4v) is 2.74. The summed E-state index contributed by atoms with van der Waals surface area (Å²) >= 11 is 0. The number of likely N-dealkylation sites (tertiary alicyclic amines) is 1. The van der Waals surface area contributed by atoms with E-state index in [1.54, 1.807) is 0 Å².